The van der Waals surface area contributed by atoms with Crippen molar-refractivity contribution in [3.63, 3.8) is 0 Å². The number of carboxylic acids is 1. The van der Waals surface area contributed by atoms with E-state index in [4.69, 9.17) is 24.8 Å². The summed E-state index contributed by atoms with van der Waals surface area (Å²) in [4.78, 5) is 46.1. The first kappa shape index (κ1) is 58.7. The zero-order valence-corrected chi connectivity index (χ0v) is 39.3. The van der Waals surface area contributed by atoms with Crippen LogP contribution >= 0.6 is 7.82 Å². The number of ether oxygens (including phenoxy) is 2. The van der Waals surface area contributed by atoms with Crippen LogP contribution in [-0.4, -0.2) is 59.9 Å². The third-order valence-electron chi connectivity index (χ3n) is 9.63. The molecule has 0 amide bonds. The van der Waals surface area contributed by atoms with E-state index in [1.807, 2.05) is 0 Å². The second-order valence-corrected chi connectivity index (χ2v) is 17.0. The van der Waals surface area contributed by atoms with Gasteiger partial charge in [-0.2, -0.15) is 0 Å². The number of carboxylic acid groups (broad SMARTS) is 1. The molecule has 0 radical (unpaired) electrons. The lowest BCUT2D eigenvalue weighted by Crippen LogP contribution is -2.34. The number of phosphoric acid groups is 1. The highest BCUT2D eigenvalue weighted by molar-refractivity contribution is 7.47. The number of nitrogens with two attached hydrogens (primary N) is 1. The maximum absolute atomic E-state index is 12.7. The Labute approximate surface area is 375 Å². The van der Waals surface area contributed by atoms with Crippen LogP contribution < -0.4 is 5.73 Å². The Bertz CT molecular complexity index is 1370. The molecule has 62 heavy (non-hydrogen) atoms. The van der Waals surface area contributed by atoms with Crippen molar-refractivity contribution >= 4 is 25.7 Å². The van der Waals surface area contributed by atoms with Gasteiger partial charge in [0, 0.05) is 12.8 Å². The molecule has 0 aliphatic rings. The number of carbonyl (C=O) groups excluding carboxylic acids is 2. The largest absolute Gasteiger partial charge is 0.480 e. The molecule has 0 bridgehead atoms. The first-order chi connectivity index (χ1) is 30.1. The SMILES string of the molecule is CC/C=C/C/C=C/C/C=C/C/C=C/C/C=C/CCCCCC(=O)OC[C@H](COP(=O)(O)OC[C@H](N)C(=O)O)OC(=O)CCCCCCCCCCC/C=C/C/C=C/CCCCC. The number of esters is 2. The monoisotopic (exact) mass is 890 g/mol. The Kier molecular flexibility index (Phi) is 41.9. The third kappa shape index (κ3) is 43.3. The number of carbonyl (C=O) groups is 3. The van der Waals surface area contributed by atoms with Gasteiger partial charge in [0.2, 0.25) is 0 Å². The summed E-state index contributed by atoms with van der Waals surface area (Å²) in [6.45, 7) is 2.63. The fourth-order valence-corrected chi connectivity index (χ4v) is 6.72. The molecule has 0 aromatic rings. The normalized spacial score (nSPS) is 14.4. The molecule has 0 rings (SSSR count). The summed E-state index contributed by atoms with van der Waals surface area (Å²) in [6.07, 6.45) is 55.0. The Morgan fingerprint density at radius 1 is 0.516 bits per heavy atom. The maximum atomic E-state index is 12.7. The van der Waals surface area contributed by atoms with E-state index < -0.39 is 51.1 Å². The van der Waals surface area contributed by atoms with Crippen LogP contribution in [0.1, 0.15) is 181 Å². The van der Waals surface area contributed by atoms with Gasteiger partial charge in [-0.25, -0.2) is 4.57 Å². The highest BCUT2D eigenvalue weighted by Crippen LogP contribution is 2.43. The molecule has 0 saturated heterocycles. The number of rotatable bonds is 43. The average Bonchev–Trinajstić information content (AvgIpc) is 3.25. The molecule has 0 aromatic heterocycles. The highest BCUT2D eigenvalue weighted by Gasteiger charge is 2.28. The fraction of sp³-hybridized carbons (Fsp3) is 0.660. The molecule has 11 nitrogen and oxygen atoms in total. The van der Waals surface area contributed by atoms with Gasteiger partial charge in [0.1, 0.15) is 12.6 Å². The molecule has 3 atom stereocenters. The van der Waals surface area contributed by atoms with E-state index in [2.05, 4.69) is 103 Å². The molecule has 354 valence electrons. The summed E-state index contributed by atoms with van der Waals surface area (Å²) in [5, 5.41) is 8.91. The molecular weight excluding hydrogens is 806 g/mol. The fourth-order valence-electron chi connectivity index (χ4n) is 5.94. The maximum Gasteiger partial charge on any atom is 0.472 e. The van der Waals surface area contributed by atoms with Crippen LogP contribution in [0.15, 0.2) is 85.1 Å². The van der Waals surface area contributed by atoms with E-state index in [0.29, 0.717) is 12.8 Å². The summed E-state index contributed by atoms with van der Waals surface area (Å²) in [6, 6.07) is -1.53. The molecular formula is C50H84NO10P. The Hall–Kier alpha value is -3.34. The number of hydrogen-bond donors (Lipinski definition) is 3. The smallest absolute Gasteiger partial charge is 0.472 e. The van der Waals surface area contributed by atoms with Crippen LogP contribution in [0.25, 0.3) is 0 Å². The minimum atomic E-state index is -4.73. The van der Waals surface area contributed by atoms with Crippen molar-refractivity contribution in [2.24, 2.45) is 5.73 Å². The van der Waals surface area contributed by atoms with Gasteiger partial charge in [-0.1, -0.05) is 163 Å². The lowest BCUT2D eigenvalue weighted by molar-refractivity contribution is -0.161. The number of aliphatic carboxylic acids is 1. The molecule has 0 spiro atoms. The van der Waals surface area contributed by atoms with Crippen LogP contribution in [0.2, 0.25) is 0 Å². The quantitative estimate of drug-likeness (QED) is 0.0230. The zero-order valence-electron chi connectivity index (χ0n) is 38.4. The Morgan fingerprint density at radius 3 is 1.37 bits per heavy atom. The molecule has 1 unspecified atom stereocenters. The van der Waals surface area contributed by atoms with E-state index in [9.17, 15) is 23.8 Å². The van der Waals surface area contributed by atoms with E-state index in [1.54, 1.807) is 0 Å². The van der Waals surface area contributed by atoms with Gasteiger partial charge in [-0.3, -0.25) is 23.4 Å². The third-order valence-corrected chi connectivity index (χ3v) is 10.6. The molecule has 0 aromatic carbocycles. The van der Waals surface area contributed by atoms with Crippen molar-refractivity contribution < 1.29 is 47.5 Å². The second-order valence-electron chi connectivity index (χ2n) is 15.5. The molecule has 4 N–H and O–H groups in total. The summed E-state index contributed by atoms with van der Waals surface area (Å²) in [5.74, 6) is -2.43. The van der Waals surface area contributed by atoms with Gasteiger partial charge in [0.25, 0.3) is 0 Å². The topological polar surface area (TPSA) is 172 Å². The zero-order chi connectivity index (χ0) is 45.6. The number of hydrogen-bond acceptors (Lipinski definition) is 9. The molecule has 0 saturated carbocycles. The van der Waals surface area contributed by atoms with Crippen LogP contribution in [0, 0.1) is 0 Å². The average molecular weight is 890 g/mol. The van der Waals surface area contributed by atoms with Gasteiger partial charge >= 0.3 is 25.7 Å². The molecule has 0 aliphatic heterocycles. The molecule has 0 heterocycles. The number of unbranched alkanes of at least 4 members (excludes halogenated alkanes) is 15. The van der Waals surface area contributed by atoms with Crippen molar-refractivity contribution in [1.82, 2.24) is 0 Å². The minimum Gasteiger partial charge on any atom is -0.480 e. The van der Waals surface area contributed by atoms with E-state index in [-0.39, 0.29) is 19.4 Å². The first-order valence-electron chi connectivity index (χ1n) is 23.6. The minimum absolute atomic E-state index is 0.144. The highest BCUT2D eigenvalue weighted by atomic mass is 31.2. The van der Waals surface area contributed by atoms with Crippen LogP contribution in [0.5, 0.6) is 0 Å². The van der Waals surface area contributed by atoms with Crippen LogP contribution in [0.3, 0.4) is 0 Å². The van der Waals surface area contributed by atoms with E-state index in [1.165, 1.54) is 57.8 Å². The summed E-state index contributed by atoms with van der Waals surface area (Å²) in [5.41, 5.74) is 5.34. The van der Waals surface area contributed by atoms with Gasteiger partial charge in [-0.05, 0) is 89.9 Å². The van der Waals surface area contributed by atoms with Gasteiger partial charge in [-0.15, -0.1) is 0 Å². The first-order valence-corrected chi connectivity index (χ1v) is 25.1. The van der Waals surface area contributed by atoms with Gasteiger partial charge < -0.3 is 25.2 Å². The van der Waals surface area contributed by atoms with Crippen molar-refractivity contribution in [1.29, 1.82) is 0 Å². The lowest BCUT2D eigenvalue weighted by Gasteiger charge is -2.20. The van der Waals surface area contributed by atoms with E-state index in [0.717, 1.165) is 83.5 Å². The predicted octanol–water partition coefficient (Wildman–Crippen LogP) is 13.1. The standard InChI is InChI=1S/C50H84NO10P/c1-3-5-7-9-11-13-15-17-19-21-23-25-27-29-31-33-35-37-39-41-48(52)58-43-46(44-59-62(56,57)60-45-47(51)50(54)55)61-49(53)42-40-38-36-34-32-30-28-26-24-22-20-18-16-14-12-10-8-6-4-2/h5,7,11-14,17-20,23,25,29,31,46-47H,3-4,6,8-10,15-16,21-22,24,26-28,30,32-45,51H2,1-2H3,(H,54,55)(H,56,57)/b7-5+,13-11+,14-12+,19-17+,20-18+,25-23+,31-29+/t46-,47+/m1/s1. The summed E-state index contributed by atoms with van der Waals surface area (Å²) < 4.78 is 32.7. The number of allylic oxidation sites excluding steroid dienone is 14. The molecule has 0 fully saturated rings. The molecule has 12 heteroatoms. The lowest BCUT2D eigenvalue weighted by atomic mass is 10.1. The van der Waals surface area contributed by atoms with Crippen molar-refractivity contribution in [2.75, 3.05) is 19.8 Å². The summed E-state index contributed by atoms with van der Waals surface area (Å²) >= 11 is 0. The molecule has 0 aliphatic carbocycles. The van der Waals surface area contributed by atoms with E-state index >= 15 is 0 Å². The number of phosphoric ester groups is 1. The van der Waals surface area contributed by atoms with Crippen molar-refractivity contribution in [3.8, 4) is 0 Å². The van der Waals surface area contributed by atoms with Crippen molar-refractivity contribution in [2.45, 2.75) is 193 Å². The second kappa shape index (κ2) is 44.3. The Morgan fingerprint density at radius 2 is 0.903 bits per heavy atom. The summed E-state index contributed by atoms with van der Waals surface area (Å²) in [7, 11) is -4.73. The van der Waals surface area contributed by atoms with Crippen LogP contribution in [0.4, 0.5) is 0 Å². The Balaban J connectivity index is 4.39. The van der Waals surface area contributed by atoms with Crippen LogP contribution in [-0.2, 0) is 37.5 Å². The van der Waals surface area contributed by atoms with Gasteiger partial charge in [0.05, 0.1) is 13.2 Å². The van der Waals surface area contributed by atoms with Crippen molar-refractivity contribution in [3.05, 3.63) is 85.1 Å². The predicted molar refractivity (Wildman–Crippen MR) is 254 cm³/mol. The van der Waals surface area contributed by atoms with Gasteiger partial charge in [0.15, 0.2) is 6.10 Å².